The zero-order chi connectivity index (χ0) is 17.6. The van der Waals surface area contributed by atoms with Crippen molar-refractivity contribution in [3.63, 3.8) is 0 Å². The van der Waals surface area contributed by atoms with Crippen LogP contribution in [-0.4, -0.2) is 11.8 Å². The molecule has 1 aliphatic carbocycles. The van der Waals surface area contributed by atoms with Crippen molar-refractivity contribution in [3.05, 3.63) is 51.5 Å². The first kappa shape index (κ1) is 17.0. The van der Waals surface area contributed by atoms with E-state index in [9.17, 15) is 8.78 Å². The monoisotopic (exact) mass is 369 g/mol. The van der Waals surface area contributed by atoms with E-state index in [1.807, 2.05) is 0 Å². The van der Waals surface area contributed by atoms with Gasteiger partial charge in [0, 0.05) is 34.7 Å². The molecule has 7 heteroatoms. The molecule has 0 heterocycles. The molecule has 3 rings (SSSR count). The molecule has 2 aromatic carbocycles. The molecule has 0 radical (unpaired) electrons. The average molecular weight is 370 g/mol. The van der Waals surface area contributed by atoms with E-state index >= 15 is 0 Å². The number of amidine groups is 1. The highest BCUT2D eigenvalue weighted by atomic mass is 35.5. The molecule has 0 unspecified atom stereocenters. The summed E-state index contributed by atoms with van der Waals surface area (Å²) in [5.74, 6) is -2.99. The zero-order valence-corrected chi connectivity index (χ0v) is 14.1. The summed E-state index contributed by atoms with van der Waals surface area (Å²) in [7, 11) is 0. The maximum atomic E-state index is 13.0. The number of nitrogens with one attached hydrogen (secondary N) is 1. The van der Waals surface area contributed by atoms with Crippen LogP contribution in [0, 0.1) is 5.41 Å². The Morgan fingerprint density at radius 3 is 2.29 bits per heavy atom. The molecule has 0 spiro atoms. The molecular weight excluding hydrogens is 355 g/mol. The van der Waals surface area contributed by atoms with Crippen molar-refractivity contribution in [2.24, 2.45) is 5.73 Å². The van der Waals surface area contributed by atoms with Gasteiger partial charge in [-0.2, -0.15) is 0 Å². The van der Waals surface area contributed by atoms with Gasteiger partial charge in [0.15, 0.2) is 0 Å². The molecule has 0 bridgehead atoms. The van der Waals surface area contributed by atoms with Crippen LogP contribution < -0.4 is 11.5 Å². The molecule has 0 aromatic heterocycles. The predicted molar refractivity (Wildman–Crippen MR) is 94.2 cm³/mol. The Balaban J connectivity index is 1.99. The largest absolute Gasteiger partial charge is 0.398 e. The fourth-order valence-electron chi connectivity index (χ4n) is 2.97. The SMILES string of the molecule is N=C(N)c1c(N)ccc(-c2ccc(C3CC(F)(F)C3)cc2Cl)c1Cl. The quantitative estimate of drug-likeness (QED) is 0.402. The maximum absolute atomic E-state index is 13.0. The second-order valence-electron chi connectivity index (χ2n) is 6.01. The molecule has 126 valence electrons. The minimum atomic E-state index is -2.58. The number of benzene rings is 2. The van der Waals surface area contributed by atoms with Crippen LogP contribution in [0.4, 0.5) is 14.5 Å². The molecule has 0 atom stereocenters. The lowest BCUT2D eigenvalue weighted by atomic mass is 9.76. The van der Waals surface area contributed by atoms with Gasteiger partial charge in [0.2, 0.25) is 5.92 Å². The molecule has 1 aliphatic rings. The van der Waals surface area contributed by atoms with Crippen molar-refractivity contribution in [2.75, 3.05) is 5.73 Å². The maximum Gasteiger partial charge on any atom is 0.249 e. The summed E-state index contributed by atoms with van der Waals surface area (Å²) in [6, 6.07) is 8.52. The average Bonchev–Trinajstić information content (AvgIpc) is 2.45. The van der Waals surface area contributed by atoms with E-state index in [0.29, 0.717) is 21.8 Å². The van der Waals surface area contributed by atoms with Crippen molar-refractivity contribution in [1.82, 2.24) is 0 Å². The van der Waals surface area contributed by atoms with E-state index in [4.69, 9.17) is 40.1 Å². The summed E-state index contributed by atoms with van der Waals surface area (Å²) in [4.78, 5) is 0. The second kappa shape index (κ2) is 5.90. The predicted octanol–water partition coefficient (Wildman–Crippen LogP) is 5.04. The molecular formula is C17H15Cl2F2N3. The van der Waals surface area contributed by atoms with Crippen molar-refractivity contribution >= 4 is 34.7 Å². The number of hydrogen-bond acceptors (Lipinski definition) is 2. The van der Waals surface area contributed by atoms with E-state index in [1.54, 1.807) is 30.3 Å². The Hall–Kier alpha value is -1.85. The third-order valence-electron chi connectivity index (χ3n) is 4.29. The van der Waals surface area contributed by atoms with E-state index in [1.165, 1.54) is 0 Å². The molecule has 1 fully saturated rings. The Labute approximate surface area is 148 Å². The lowest BCUT2D eigenvalue weighted by Crippen LogP contribution is -2.33. The smallest absolute Gasteiger partial charge is 0.249 e. The zero-order valence-electron chi connectivity index (χ0n) is 12.5. The Morgan fingerprint density at radius 2 is 1.75 bits per heavy atom. The summed E-state index contributed by atoms with van der Waals surface area (Å²) < 4.78 is 26.1. The Morgan fingerprint density at radius 1 is 1.12 bits per heavy atom. The number of rotatable bonds is 3. The van der Waals surface area contributed by atoms with Gasteiger partial charge in [0.1, 0.15) is 5.84 Å². The summed E-state index contributed by atoms with van der Waals surface area (Å²) in [5.41, 5.74) is 13.9. The summed E-state index contributed by atoms with van der Waals surface area (Å²) in [6.45, 7) is 0. The van der Waals surface area contributed by atoms with Crippen LogP contribution in [0.2, 0.25) is 10.0 Å². The third-order valence-corrected chi connectivity index (χ3v) is 4.99. The Kier molecular flexibility index (Phi) is 4.18. The number of alkyl halides is 2. The van der Waals surface area contributed by atoms with Crippen molar-refractivity contribution in [1.29, 1.82) is 5.41 Å². The molecule has 2 aromatic rings. The first-order chi connectivity index (χ1) is 11.2. The molecule has 0 amide bonds. The molecule has 24 heavy (non-hydrogen) atoms. The standard InChI is InChI=1S/C17H15Cl2F2N3/c18-12-5-8(9-6-17(20,21)7-9)1-2-10(12)11-3-4-13(22)14(15(11)19)16(23)24/h1-5,9H,6-7,22H2,(H3,23,24). The van der Waals surface area contributed by atoms with E-state index in [-0.39, 0.29) is 35.2 Å². The van der Waals surface area contributed by atoms with Crippen LogP contribution in [-0.2, 0) is 0 Å². The normalized spacial score (nSPS) is 16.7. The van der Waals surface area contributed by atoms with Crippen LogP contribution in [0.1, 0.15) is 29.9 Å². The molecule has 3 nitrogen and oxygen atoms in total. The summed E-state index contributed by atoms with van der Waals surface area (Å²) in [5, 5.41) is 8.25. The van der Waals surface area contributed by atoms with Crippen molar-refractivity contribution in [2.45, 2.75) is 24.7 Å². The van der Waals surface area contributed by atoms with Crippen LogP contribution in [0.15, 0.2) is 30.3 Å². The number of hydrogen-bond donors (Lipinski definition) is 3. The van der Waals surface area contributed by atoms with Gasteiger partial charge in [-0.1, -0.05) is 41.4 Å². The summed E-state index contributed by atoms with van der Waals surface area (Å²) >= 11 is 12.7. The Bertz CT molecular complexity index is 829. The molecule has 1 saturated carbocycles. The van der Waals surface area contributed by atoms with E-state index in [2.05, 4.69) is 0 Å². The van der Waals surface area contributed by atoms with Gasteiger partial charge in [0.25, 0.3) is 0 Å². The van der Waals surface area contributed by atoms with Crippen molar-refractivity contribution < 1.29 is 8.78 Å². The van der Waals surface area contributed by atoms with E-state index in [0.717, 1.165) is 5.56 Å². The highest BCUT2D eigenvalue weighted by molar-refractivity contribution is 6.39. The first-order valence-corrected chi connectivity index (χ1v) is 8.05. The first-order valence-electron chi connectivity index (χ1n) is 7.29. The van der Waals surface area contributed by atoms with Crippen LogP contribution in [0.3, 0.4) is 0 Å². The van der Waals surface area contributed by atoms with Gasteiger partial charge in [-0.3, -0.25) is 5.41 Å². The van der Waals surface area contributed by atoms with Gasteiger partial charge in [0.05, 0.1) is 10.6 Å². The van der Waals surface area contributed by atoms with Crippen LogP contribution in [0.25, 0.3) is 11.1 Å². The molecule has 0 aliphatic heterocycles. The lowest BCUT2D eigenvalue weighted by Gasteiger charge is -2.35. The fraction of sp³-hybridized carbons (Fsp3) is 0.235. The molecule has 0 saturated heterocycles. The lowest BCUT2D eigenvalue weighted by molar-refractivity contribution is -0.0867. The number of anilines is 1. The number of nitrogen functional groups attached to an aromatic ring is 2. The van der Waals surface area contributed by atoms with Gasteiger partial charge < -0.3 is 11.5 Å². The van der Waals surface area contributed by atoms with Gasteiger partial charge in [-0.15, -0.1) is 0 Å². The van der Waals surface area contributed by atoms with E-state index < -0.39 is 5.92 Å². The number of nitrogens with two attached hydrogens (primary N) is 2. The summed E-state index contributed by atoms with van der Waals surface area (Å²) in [6.07, 6.45) is -0.306. The van der Waals surface area contributed by atoms with Crippen LogP contribution >= 0.6 is 23.2 Å². The second-order valence-corrected chi connectivity index (χ2v) is 6.79. The van der Waals surface area contributed by atoms with Gasteiger partial charge in [-0.25, -0.2) is 8.78 Å². The minimum Gasteiger partial charge on any atom is -0.398 e. The highest BCUT2D eigenvalue weighted by Gasteiger charge is 2.45. The number of halogens is 4. The third kappa shape index (κ3) is 2.94. The van der Waals surface area contributed by atoms with Gasteiger partial charge in [-0.05, 0) is 23.6 Å². The fourth-order valence-corrected chi connectivity index (χ4v) is 3.64. The van der Waals surface area contributed by atoms with Gasteiger partial charge >= 0.3 is 0 Å². The van der Waals surface area contributed by atoms with Crippen LogP contribution in [0.5, 0.6) is 0 Å². The van der Waals surface area contributed by atoms with Crippen molar-refractivity contribution in [3.8, 4) is 11.1 Å². The topological polar surface area (TPSA) is 75.9 Å². The minimum absolute atomic E-state index is 0.153. The molecule has 5 N–H and O–H groups in total. The highest BCUT2D eigenvalue weighted by Crippen LogP contribution is 2.49.